The fraction of sp³-hybridized carbons (Fsp3) is 0.588. The van der Waals surface area contributed by atoms with Crippen LogP contribution < -0.4 is 5.32 Å². The topological polar surface area (TPSA) is 56.8 Å². The molecule has 0 bridgehead atoms. The van der Waals surface area contributed by atoms with Gasteiger partial charge in [-0.2, -0.15) is 0 Å². The molecule has 1 aliphatic rings. The van der Waals surface area contributed by atoms with E-state index in [0.29, 0.717) is 19.6 Å². The normalized spacial score (nSPS) is 19.6. The fourth-order valence-corrected chi connectivity index (χ4v) is 2.79. The van der Waals surface area contributed by atoms with Crippen LogP contribution >= 0.6 is 0 Å². The van der Waals surface area contributed by atoms with Crippen molar-refractivity contribution in [2.75, 3.05) is 20.3 Å². The van der Waals surface area contributed by atoms with Crippen LogP contribution in [0.25, 0.3) is 0 Å². The molecule has 0 amide bonds. The molecule has 1 aliphatic heterocycles. The summed E-state index contributed by atoms with van der Waals surface area (Å²) in [7, 11) is 1.41. The summed E-state index contributed by atoms with van der Waals surface area (Å²) in [5.74, 6) is -0.874. The number of hydrogen-bond donors (Lipinski definition) is 1. The van der Waals surface area contributed by atoms with Gasteiger partial charge in [-0.1, -0.05) is 30.3 Å². The third-order valence-electron chi connectivity index (χ3n) is 3.94. The zero-order valence-corrected chi connectivity index (χ0v) is 13.5. The lowest BCUT2D eigenvalue weighted by Crippen LogP contribution is -2.41. The number of esters is 1. The molecule has 1 saturated heterocycles. The number of nitrogens with one attached hydrogen (secondary N) is 1. The second-order valence-corrected chi connectivity index (χ2v) is 5.81. The van der Waals surface area contributed by atoms with Crippen LogP contribution in [0.1, 0.15) is 38.3 Å². The number of hydrogen-bond acceptors (Lipinski definition) is 5. The van der Waals surface area contributed by atoms with Gasteiger partial charge in [0.25, 0.3) is 0 Å². The van der Waals surface area contributed by atoms with Crippen LogP contribution in [-0.4, -0.2) is 38.1 Å². The Labute approximate surface area is 131 Å². The summed E-state index contributed by atoms with van der Waals surface area (Å²) in [6.45, 7) is 5.18. The van der Waals surface area contributed by atoms with E-state index in [-0.39, 0.29) is 24.5 Å². The van der Waals surface area contributed by atoms with Crippen molar-refractivity contribution in [1.29, 1.82) is 0 Å². The largest absolute Gasteiger partial charge is 0.469 e. The molecule has 1 aromatic carbocycles. The van der Waals surface area contributed by atoms with Crippen molar-refractivity contribution < 1.29 is 19.0 Å². The van der Waals surface area contributed by atoms with Crippen molar-refractivity contribution in [3.63, 3.8) is 0 Å². The van der Waals surface area contributed by atoms with Crippen LogP contribution in [0.2, 0.25) is 0 Å². The molecule has 1 N–H and O–H groups in total. The highest BCUT2D eigenvalue weighted by Gasteiger charge is 2.35. The lowest BCUT2D eigenvalue weighted by molar-refractivity contribution is -0.155. The lowest BCUT2D eigenvalue weighted by Gasteiger charge is -2.30. The number of carbonyl (C=O) groups is 1. The average Bonchev–Trinajstić information content (AvgIpc) is 2.94. The molecule has 5 heteroatoms. The summed E-state index contributed by atoms with van der Waals surface area (Å²) in [6.07, 6.45) is 0.884. The first-order valence-electron chi connectivity index (χ1n) is 7.68. The molecule has 1 aromatic rings. The van der Waals surface area contributed by atoms with E-state index in [0.717, 1.165) is 0 Å². The highest BCUT2D eigenvalue weighted by Crippen LogP contribution is 2.26. The summed E-state index contributed by atoms with van der Waals surface area (Å²) in [5.41, 5.74) is 1.18. The van der Waals surface area contributed by atoms with Crippen LogP contribution in [0, 0.1) is 0 Å². The van der Waals surface area contributed by atoms with Gasteiger partial charge in [0.05, 0.1) is 26.7 Å². The molecule has 2 rings (SSSR count). The number of benzene rings is 1. The first kappa shape index (κ1) is 16.9. The van der Waals surface area contributed by atoms with E-state index in [1.807, 2.05) is 25.1 Å². The maximum absolute atomic E-state index is 11.7. The quantitative estimate of drug-likeness (QED) is 0.784. The highest BCUT2D eigenvalue weighted by molar-refractivity contribution is 5.69. The van der Waals surface area contributed by atoms with Gasteiger partial charge < -0.3 is 19.5 Å². The van der Waals surface area contributed by atoms with E-state index in [1.165, 1.54) is 12.7 Å². The predicted octanol–water partition coefficient (Wildman–Crippen LogP) is 2.42. The monoisotopic (exact) mass is 307 g/mol. The van der Waals surface area contributed by atoms with Gasteiger partial charge in [-0.05, 0) is 19.4 Å². The van der Waals surface area contributed by atoms with Crippen LogP contribution in [0.3, 0.4) is 0 Å². The standard InChI is InChI=1S/C17H25NO4/c1-13(14-7-5-4-6-8-14)18-15(11-16(19)20-3)12-17(2)21-9-10-22-17/h4-8,13,15,18H,9-12H2,1-3H3/t13-,15-/m1/s1. The number of ether oxygens (including phenoxy) is 3. The van der Waals surface area contributed by atoms with Gasteiger partial charge in [-0.3, -0.25) is 4.79 Å². The first-order valence-corrected chi connectivity index (χ1v) is 7.68. The SMILES string of the molecule is COC(=O)C[C@H](CC1(C)OCCO1)N[C@H](C)c1ccccc1. The van der Waals surface area contributed by atoms with Gasteiger partial charge in [0.15, 0.2) is 5.79 Å². The van der Waals surface area contributed by atoms with E-state index < -0.39 is 5.79 Å². The molecule has 0 saturated carbocycles. The summed E-state index contributed by atoms with van der Waals surface area (Å²) >= 11 is 0. The first-order chi connectivity index (χ1) is 10.5. The Kier molecular flexibility index (Phi) is 5.94. The second-order valence-electron chi connectivity index (χ2n) is 5.81. The maximum atomic E-state index is 11.7. The van der Waals surface area contributed by atoms with Crippen molar-refractivity contribution in [3.8, 4) is 0 Å². The fourth-order valence-electron chi connectivity index (χ4n) is 2.79. The lowest BCUT2D eigenvalue weighted by atomic mass is 10.0. The minimum atomic E-state index is -0.637. The Morgan fingerprint density at radius 2 is 1.95 bits per heavy atom. The van der Waals surface area contributed by atoms with E-state index in [2.05, 4.69) is 24.4 Å². The van der Waals surface area contributed by atoms with Gasteiger partial charge in [0.1, 0.15) is 0 Å². The molecule has 5 nitrogen and oxygen atoms in total. The minimum absolute atomic E-state index is 0.0780. The molecule has 0 aromatic heterocycles. The summed E-state index contributed by atoms with van der Waals surface area (Å²) in [5, 5.41) is 3.49. The molecule has 0 unspecified atom stereocenters. The maximum Gasteiger partial charge on any atom is 0.307 e. The average molecular weight is 307 g/mol. The Morgan fingerprint density at radius 3 is 2.55 bits per heavy atom. The molecule has 0 aliphatic carbocycles. The number of carbonyl (C=O) groups excluding carboxylic acids is 1. The summed E-state index contributed by atoms with van der Waals surface area (Å²) in [6, 6.07) is 10.2. The molecule has 22 heavy (non-hydrogen) atoms. The van der Waals surface area contributed by atoms with E-state index in [9.17, 15) is 4.79 Å². The number of rotatable bonds is 7. The van der Waals surface area contributed by atoms with Gasteiger partial charge in [0, 0.05) is 18.5 Å². The molecule has 122 valence electrons. The van der Waals surface area contributed by atoms with Crippen LogP contribution in [0.15, 0.2) is 30.3 Å². The van der Waals surface area contributed by atoms with Gasteiger partial charge >= 0.3 is 5.97 Å². The second kappa shape index (κ2) is 7.72. The van der Waals surface area contributed by atoms with Crippen LogP contribution in [0.4, 0.5) is 0 Å². The zero-order valence-electron chi connectivity index (χ0n) is 13.5. The predicted molar refractivity (Wildman–Crippen MR) is 83.3 cm³/mol. The van der Waals surface area contributed by atoms with Crippen molar-refractivity contribution in [2.45, 2.75) is 44.6 Å². The van der Waals surface area contributed by atoms with Crippen LogP contribution in [0.5, 0.6) is 0 Å². The van der Waals surface area contributed by atoms with E-state index >= 15 is 0 Å². The Balaban J connectivity index is 2.02. The third kappa shape index (κ3) is 4.80. The van der Waals surface area contributed by atoms with Gasteiger partial charge in [-0.15, -0.1) is 0 Å². The van der Waals surface area contributed by atoms with Crippen molar-refractivity contribution in [2.24, 2.45) is 0 Å². The van der Waals surface area contributed by atoms with Crippen molar-refractivity contribution in [3.05, 3.63) is 35.9 Å². The summed E-state index contributed by atoms with van der Waals surface area (Å²) < 4.78 is 16.1. The molecule has 2 atom stereocenters. The van der Waals surface area contributed by atoms with E-state index in [1.54, 1.807) is 0 Å². The number of methoxy groups -OCH3 is 1. The Morgan fingerprint density at radius 1 is 1.32 bits per heavy atom. The Hall–Kier alpha value is -1.43. The molecular weight excluding hydrogens is 282 g/mol. The third-order valence-corrected chi connectivity index (χ3v) is 3.94. The Bertz CT molecular complexity index is 471. The molecule has 1 fully saturated rings. The molecule has 0 spiro atoms. The molecule has 1 heterocycles. The molecule has 0 radical (unpaired) electrons. The van der Waals surface area contributed by atoms with Crippen LogP contribution in [-0.2, 0) is 19.0 Å². The minimum Gasteiger partial charge on any atom is -0.469 e. The van der Waals surface area contributed by atoms with E-state index in [4.69, 9.17) is 14.2 Å². The zero-order chi connectivity index (χ0) is 16.0. The highest BCUT2D eigenvalue weighted by atomic mass is 16.7. The smallest absolute Gasteiger partial charge is 0.307 e. The van der Waals surface area contributed by atoms with Gasteiger partial charge in [-0.25, -0.2) is 0 Å². The molecular formula is C17H25NO4. The van der Waals surface area contributed by atoms with Crippen molar-refractivity contribution in [1.82, 2.24) is 5.32 Å². The van der Waals surface area contributed by atoms with Gasteiger partial charge in [0.2, 0.25) is 0 Å². The van der Waals surface area contributed by atoms with Crippen molar-refractivity contribution >= 4 is 5.97 Å². The summed E-state index contributed by atoms with van der Waals surface area (Å²) in [4.78, 5) is 11.7.